The predicted molar refractivity (Wildman–Crippen MR) is 80.6 cm³/mol. The molecule has 110 valence electrons. The Morgan fingerprint density at radius 2 is 2.20 bits per heavy atom. The highest BCUT2D eigenvalue weighted by Crippen LogP contribution is 2.29. The van der Waals surface area contributed by atoms with E-state index in [1.807, 2.05) is 6.07 Å². The normalized spacial score (nSPS) is 22.2. The summed E-state index contributed by atoms with van der Waals surface area (Å²) in [6, 6.07) is 8.35. The van der Waals surface area contributed by atoms with Gasteiger partial charge in [0.1, 0.15) is 5.75 Å². The van der Waals surface area contributed by atoms with Crippen LogP contribution in [0.25, 0.3) is 0 Å². The van der Waals surface area contributed by atoms with Crippen LogP contribution in [0.4, 0.5) is 5.69 Å². The van der Waals surface area contributed by atoms with Crippen LogP contribution in [0, 0.1) is 5.92 Å². The molecule has 1 saturated heterocycles. The predicted octanol–water partition coefficient (Wildman–Crippen LogP) is 1.90. The minimum atomic E-state index is 0.703. The largest absolute Gasteiger partial charge is 0.491 e. The van der Waals surface area contributed by atoms with E-state index in [0.29, 0.717) is 5.92 Å². The van der Waals surface area contributed by atoms with Crippen molar-refractivity contribution in [3.63, 3.8) is 0 Å². The van der Waals surface area contributed by atoms with Gasteiger partial charge in [-0.1, -0.05) is 12.1 Å². The van der Waals surface area contributed by atoms with Crippen LogP contribution in [-0.4, -0.2) is 46.0 Å². The molecule has 1 fully saturated rings. The second kappa shape index (κ2) is 6.95. The minimum absolute atomic E-state index is 0.703. The number of nitrogens with one attached hydrogen (secondary N) is 1. The number of ether oxygens (including phenoxy) is 2. The maximum absolute atomic E-state index is 5.79. The molecule has 0 aromatic heterocycles. The van der Waals surface area contributed by atoms with E-state index in [0.717, 1.165) is 58.2 Å². The Bertz CT molecular complexity index is 419. The highest BCUT2D eigenvalue weighted by molar-refractivity contribution is 5.58. The highest BCUT2D eigenvalue weighted by Gasteiger charge is 2.17. The zero-order valence-corrected chi connectivity index (χ0v) is 12.0. The Morgan fingerprint density at radius 1 is 1.25 bits per heavy atom. The smallest absolute Gasteiger partial charge is 0.142 e. The third-order valence-electron chi connectivity index (χ3n) is 4.05. The van der Waals surface area contributed by atoms with E-state index in [1.165, 1.54) is 12.1 Å². The minimum Gasteiger partial charge on any atom is -0.491 e. The standard InChI is InChI=1S/C16H24N2O2/c1-2-5-16-15(4-1)18(8-3-10-20-16)9-7-17-12-14-6-11-19-13-14/h1-2,4-5,14,17H,3,6-13H2. The van der Waals surface area contributed by atoms with Crippen LogP contribution in [0.5, 0.6) is 5.75 Å². The Hall–Kier alpha value is -1.26. The monoisotopic (exact) mass is 276 g/mol. The van der Waals surface area contributed by atoms with Crippen LogP contribution >= 0.6 is 0 Å². The number of para-hydroxylation sites is 2. The number of hydrogen-bond donors (Lipinski definition) is 1. The van der Waals surface area contributed by atoms with Crippen molar-refractivity contribution in [1.29, 1.82) is 0 Å². The summed E-state index contributed by atoms with van der Waals surface area (Å²) in [6.07, 6.45) is 2.29. The molecule has 20 heavy (non-hydrogen) atoms. The van der Waals surface area contributed by atoms with Crippen LogP contribution < -0.4 is 15.0 Å². The molecular weight excluding hydrogens is 252 g/mol. The fourth-order valence-electron chi connectivity index (χ4n) is 2.90. The summed E-state index contributed by atoms with van der Waals surface area (Å²) in [5.41, 5.74) is 1.23. The van der Waals surface area contributed by atoms with Crippen molar-refractivity contribution in [2.75, 3.05) is 50.9 Å². The molecule has 3 rings (SSSR count). The van der Waals surface area contributed by atoms with Gasteiger partial charge < -0.3 is 19.7 Å². The van der Waals surface area contributed by atoms with E-state index in [-0.39, 0.29) is 0 Å². The zero-order valence-electron chi connectivity index (χ0n) is 12.0. The maximum atomic E-state index is 5.79. The third kappa shape index (κ3) is 3.44. The molecule has 1 aromatic carbocycles. The van der Waals surface area contributed by atoms with Crippen molar-refractivity contribution in [3.8, 4) is 5.75 Å². The summed E-state index contributed by atoms with van der Waals surface area (Å²) in [6.45, 7) is 6.88. The lowest BCUT2D eigenvalue weighted by Gasteiger charge is -2.24. The van der Waals surface area contributed by atoms with Gasteiger partial charge in [0.25, 0.3) is 0 Å². The molecule has 0 radical (unpaired) electrons. The van der Waals surface area contributed by atoms with Crippen molar-refractivity contribution in [2.45, 2.75) is 12.8 Å². The molecule has 1 aromatic rings. The topological polar surface area (TPSA) is 33.7 Å². The van der Waals surface area contributed by atoms with Gasteiger partial charge in [0.2, 0.25) is 0 Å². The summed E-state index contributed by atoms with van der Waals surface area (Å²) in [4.78, 5) is 2.43. The summed E-state index contributed by atoms with van der Waals surface area (Å²) >= 11 is 0. The molecule has 1 atom stereocenters. The SMILES string of the molecule is c1ccc2c(c1)OCCCN2CCNCC1CCOC1. The van der Waals surface area contributed by atoms with E-state index in [9.17, 15) is 0 Å². The number of benzene rings is 1. The van der Waals surface area contributed by atoms with E-state index < -0.39 is 0 Å². The molecule has 4 heteroatoms. The van der Waals surface area contributed by atoms with Gasteiger partial charge in [-0.25, -0.2) is 0 Å². The van der Waals surface area contributed by atoms with E-state index in [1.54, 1.807) is 0 Å². The van der Waals surface area contributed by atoms with Gasteiger partial charge in [-0.05, 0) is 30.9 Å². The van der Waals surface area contributed by atoms with Crippen LogP contribution in [0.15, 0.2) is 24.3 Å². The molecule has 0 aliphatic carbocycles. The highest BCUT2D eigenvalue weighted by atomic mass is 16.5. The first-order valence-corrected chi connectivity index (χ1v) is 7.69. The van der Waals surface area contributed by atoms with E-state index in [2.05, 4.69) is 28.4 Å². The number of rotatable bonds is 5. The summed E-state index contributed by atoms with van der Waals surface area (Å²) in [5.74, 6) is 1.73. The van der Waals surface area contributed by atoms with Gasteiger partial charge in [-0.15, -0.1) is 0 Å². The Labute approximate surface area is 121 Å². The average molecular weight is 276 g/mol. The van der Waals surface area contributed by atoms with Crippen molar-refractivity contribution in [2.24, 2.45) is 5.92 Å². The molecule has 0 spiro atoms. The Morgan fingerprint density at radius 3 is 3.10 bits per heavy atom. The lowest BCUT2D eigenvalue weighted by atomic mass is 10.1. The summed E-state index contributed by atoms with van der Waals surface area (Å²) in [5, 5.41) is 3.56. The summed E-state index contributed by atoms with van der Waals surface area (Å²) < 4.78 is 11.2. The number of anilines is 1. The van der Waals surface area contributed by atoms with Crippen LogP contribution in [0.2, 0.25) is 0 Å². The number of nitrogens with zero attached hydrogens (tertiary/aromatic N) is 1. The molecule has 2 heterocycles. The maximum Gasteiger partial charge on any atom is 0.142 e. The van der Waals surface area contributed by atoms with Gasteiger partial charge in [-0.3, -0.25) is 0 Å². The van der Waals surface area contributed by atoms with Crippen LogP contribution in [-0.2, 0) is 4.74 Å². The molecule has 0 saturated carbocycles. The van der Waals surface area contributed by atoms with Crippen molar-refractivity contribution in [3.05, 3.63) is 24.3 Å². The number of fused-ring (bicyclic) bond motifs is 1. The van der Waals surface area contributed by atoms with Gasteiger partial charge in [0.05, 0.1) is 18.9 Å². The molecule has 0 amide bonds. The molecule has 2 aliphatic heterocycles. The van der Waals surface area contributed by atoms with Crippen molar-refractivity contribution < 1.29 is 9.47 Å². The Balaban J connectivity index is 1.49. The van der Waals surface area contributed by atoms with Gasteiger partial charge in [0, 0.05) is 32.8 Å². The molecule has 4 nitrogen and oxygen atoms in total. The van der Waals surface area contributed by atoms with E-state index in [4.69, 9.17) is 9.47 Å². The second-order valence-corrected chi connectivity index (χ2v) is 5.59. The quantitative estimate of drug-likeness (QED) is 0.833. The molecular formula is C16H24N2O2. The first kappa shape index (κ1) is 13.7. The summed E-state index contributed by atoms with van der Waals surface area (Å²) in [7, 11) is 0. The van der Waals surface area contributed by atoms with Crippen molar-refractivity contribution in [1.82, 2.24) is 5.32 Å². The lowest BCUT2D eigenvalue weighted by Crippen LogP contribution is -2.34. The first-order chi connectivity index (χ1) is 9.93. The van der Waals surface area contributed by atoms with E-state index >= 15 is 0 Å². The van der Waals surface area contributed by atoms with Crippen LogP contribution in [0.1, 0.15) is 12.8 Å². The molecule has 1 unspecified atom stereocenters. The number of hydrogen-bond acceptors (Lipinski definition) is 4. The van der Waals surface area contributed by atoms with Gasteiger partial charge in [-0.2, -0.15) is 0 Å². The lowest BCUT2D eigenvalue weighted by molar-refractivity contribution is 0.185. The second-order valence-electron chi connectivity index (χ2n) is 5.59. The first-order valence-electron chi connectivity index (χ1n) is 7.69. The van der Waals surface area contributed by atoms with Gasteiger partial charge >= 0.3 is 0 Å². The molecule has 1 N–H and O–H groups in total. The fraction of sp³-hybridized carbons (Fsp3) is 0.625. The fourth-order valence-corrected chi connectivity index (χ4v) is 2.90. The van der Waals surface area contributed by atoms with Crippen LogP contribution in [0.3, 0.4) is 0 Å². The third-order valence-corrected chi connectivity index (χ3v) is 4.05. The molecule has 2 aliphatic rings. The van der Waals surface area contributed by atoms with Gasteiger partial charge in [0.15, 0.2) is 0 Å². The zero-order chi connectivity index (χ0) is 13.6. The van der Waals surface area contributed by atoms with Crippen molar-refractivity contribution >= 4 is 5.69 Å². The molecule has 0 bridgehead atoms. The average Bonchev–Trinajstić information content (AvgIpc) is 2.91. The Kier molecular flexibility index (Phi) is 4.77.